The molecule has 0 bridgehead atoms. The third-order valence-corrected chi connectivity index (χ3v) is 2.89. The maximum absolute atomic E-state index is 11.6. The van der Waals surface area contributed by atoms with E-state index >= 15 is 0 Å². The van der Waals surface area contributed by atoms with Crippen molar-refractivity contribution >= 4 is 27.5 Å². The molecule has 0 saturated heterocycles. The summed E-state index contributed by atoms with van der Waals surface area (Å²) >= 11 is 8.69. The number of aromatic nitrogens is 4. The Balaban J connectivity index is 2.38. The zero-order valence-corrected chi connectivity index (χ0v) is 9.57. The third-order valence-electron chi connectivity index (χ3n) is 1.66. The molecule has 0 atom stereocenters. The minimum atomic E-state index is -0.292. The number of nitrogens with zero attached hydrogens (tertiary/aromatic N) is 4. The fraction of sp³-hybridized carbons (Fsp3) is 0.143. The standard InChI is InChI=1S/C7H4BrClN4O2/c8-5-6(9)10-2-13(7(5)14)1-4-11-3-15-12-4/h2-3H,1H2. The van der Waals surface area contributed by atoms with Gasteiger partial charge in [0, 0.05) is 0 Å². The van der Waals surface area contributed by atoms with Gasteiger partial charge in [-0.2, -0.15) is 4.98 Å². The first-order valence-electron chi connectivity index (χ1n) is 3.84. The van der Waals surface area contributed by atoms with Gasteiger partial charge in [-0.25, -0.2) is 4.98 Å². The minimum absolute atomic E-state index is 0.129. The molecular formula is C7H4BrClN4O2. The highest BCUT2D eigenvalue weighted by atomic mass is 79.9. The molecule has 2 aromatic heterocycles. The van der Waals surface area contributed by atoms with E-state index in [0.717, 1.165) is 0 Å². The maximum atomic E-state index is 11.6. The van der Waals surface area contributed by atoms with Crippen molar-refractivity contribution < 1.29 is 4.52 Å². The van der Waals surface area contributed by atoms with Crippen LogP contribution in [0.1, 0.15) is 5.82 Å². The van der Waals surface area contributed by atoms with Crippen LogP contribution in [-0.2, 0) is 6.54 Å². The first-order chi connectivity index (χ1) is 7.18. The topological polar surface area (TPSA) is 73.8 Å². The Labute approximate surface area is 97.0 Å². The molecule has 0 spiro atoms. The van der Waals surface area contributed by atoms with Crippen LogP contribution in [0.25, 0.3) is 0 Å². The quantitative estimate of drug-likeness (QED) is 0.774. The molecule has 78 valence electrons. The summed E-state index contributed by atoms with van der Waals surface area (Å²) in [5, 5.41) is 3.71. The molecule has 2 heterocycles. The van der Waals surface area contributed by atoms with E-state index in [4.69, 9.17) is 11.6 Å². The van der Waals surface area contributed by atoms with Crippen molar-refractivity contribution in [3.63, 3.8) is 0 Å². The average molecular weight is 291 g/mol. The van der Waals surface area contributed by atoms with Crippen molar-refractivity contribution in [1.82, 2.24) is 19.7 Å². The zero-order valence-electron chi connectivity index (χ0n) is 7.22. The number of hydrogen-bond acceptors (Lipinski definition) is 5. The predicted molar refractivity (Wildman–Crippen MR) is 54.6 cm³/mol. The first kappa shape index (κ1) is 10.3. The molecule has 2 rings (SSSR count). The Kier molecular flexibility index (Phi) is 2.83. The van der Waals surface area contributed by atoms with Crippen molar-refractivity contribution in [3.05, 3.63) is 38.5 Å². The molecule has 0 saturated carbocycles. The Morgan fingerprint density at radius 3 is 3.00 bits per heavy atom. The summed E-state index contributed by atoms with van der Waals surface area (Å²) in [6.07, 6.45) is 2.52. The van der Waals surface area contributed by atoms with Gasteiger partial charge in [-0.15, -0.1) is 0 Å². The van der Waals surface area contributed by atoms with Crippen LogP contribution in [0.15, 0.2) is 26.5 Å². The molecule has 0 aliphatic rings. The van der Waals surface area contributed by atoms with Crippen LogP contribution in [0.3, 0.4) is 0 Å². The van der Waals surface area contributed by atoms with Crippen LogP contribution >= 0.6 is 27.5 Å². The van der Waals surface area contributed by atoms with Gasteiger partial charge in [0.1, 0.15) is 4.47 Å². The molecule has 0 aromatic carbocycles. The number of hydrogen-bond donors (Lipinski definition) is 0. The molecule has 8 heteroatoms. The normalized spacial score (nSPS) is 10.5. The fourth-order valence-corrected chi connectivity index (χ4v) is 1.43. The molecule has 0 amide bonds. The second-order valence-electron chi connectivity index (χ2n) is 2.63. The highest BCUT2D eigenvalue weighted by molar-refractivity contribution is 9.10. The van der Waals surface area contributed by atoms with Crippen LogP contribution in [-0.4, -0.2) is 19.7 Å². The van der Waals surface area contributed by atoms with Crippen LogP contribution in [0, 0.1) is 0 Å². The van der Waals surface area contributed by atoms with Gasteiger partial charge >= 0.3 is 0 Å². The number of halogens is 2. The van der Waals surface area contributed by atoms with Gasteiger partial charge in [0.15, 0.2) is 11.0 Å². The van der Waals surface area contributed by atoms with Crippen molar-refractivity contribution in [2.45, 2.75) is 6.54 Å². The Morgan fingerprint density at radius 2 is 2.33 bits per heavy atom. The van der Waals surface area contributed by atoms with Crippen LogP contribution < -0.4 is 5.56 Å². The smallest absolute Gasteiger partial charge is 0.269 e. The Morgan fingerprint density at radius 1 is 1.53 bits per heavy atom. The lowest BCUT2D eigenvalue weighted by Gasteiger charge is -2.02. The molecule has 0 aliphatic heterocycles. The molecule has 6 nitrogen and oxygen atoms in total. The summed E-state index contributed by atoms with van der Waals surface area (Å²) in [6.45, 7) is 0.193. The molecule has 15 heavy (non-hydrogen) atoms. The highest BCUT2D eigenvalue weighted by Crippen LogP contribution is 2.13. The first-order valence-corrected chi connectivity index (χ1v) is 5.01. The van der Waals surface area contributed by atoms with E-state index in [1.807, 2.05) is 0 Å². The molecule has 0 unspecified atom stereocenters. The van der Waals surface area contributed by atoms with Gasteiger partial charge in [-0.1, -0.05) is 16.8 Å². The second-order valence-corrected chi connectivity index (χ2v) is 3.78. The monoisotopic (exact) mass is 290 g/mol. The summed E-state index contributed by atoms with van der Waals surface area (Å²) in [6, 6.07) is 0. The molecular weight excluding hydrogens is 287 g/mol. The predicted octanol–water partition coefficient (Wildman–Crippen LogP) is 1.09. The maximum Gasteiger partial charge on any atom is 0.269 e. The van der Waals surface area contributed by atoms with E-state index in [0.29, 0.717) is 5.82 Å². The lowest BCUT2D eigenvalue weighted by atomic mass is 10.5. The van der Waals surface area contributed by atoms with Gasteiger partial charge in [0.2, 0.25) is 6.39 Å². The SMILES string of the molecule is O=c1c(Br)c(Cl)ncn1Cc1ncon1. The van der Waals surface area contributed by atoms with Gasteiger partial charge < -0.3 is 4.52 Å². The van der Waals surface area contributed by atoms with Crippen molar-refractivity contribution in [1.29, 1.82) is 0 Å². The van der Waals surface area contributed by atoms with E-state index in [1.165, 1.54) is 17.3 Å². The van der Waals surface area contributed by atoms with E-state index in [1.54, 1.807) is 0 Å². The highest BCUT2D eigenvalue weighted by Gasteiger charge is 2.08. The third kappa shape index (κ3) is 2.07. The summed E-state index contributed by atoms with van der Waals surface area (Å²) in [5.74, 6) is 0.396. The fourth-order valence-electron chi connectivity index (χ4n) is 0.971. The summed E-state index contributed by atoms with van der Waals surface area (Å²) in [4.78, 5) is 19.2. The van der Waals surface area contributed by atoms with Crippen molar-refractivity contribution in [2.24, 2.45) is 0 Å². The summed E-state index contributed by atoms with van der Waals surface area (Å²) < 4.78 is 6.08. The zero-order chi connectivity index (χ0) is 10.8. The summed E-state index contributed by atoms with van der Waals surface area (Å²) in [7, 11) is 0. The van der Waals surface area contributed by atoms with E-state index in [-0.39, 0.29) is 21.7 Å². The van der Waals surface area contributed by atoms with Crippen LogP contribution in [0.5, 0.6) is 0 Å². The van der Waals surface area contributed by atoms with Crippen molar-refractivity contribution in [3.8, 4) is 0 Å². The van der Waals surface area contributed by atoms with Crippen LogP contribution in [0.2, 0.25) is 5.15 Å². The van der Waals surface area contributed by atoms with E-state index in [2.05, 4.69) is 35.6 Å². The molecule has 0 fully saturated rings. The second kappa shape index (κ2) is 4.11. The average Bonchev–Trinajstić information content (AvgIpc) is 2.72. The lowest BCUT2D eigenvalue weighted by Crippen LogP contribution is -2.22. The van der Waals surface area contributed by atoms with Crippen molar-refractivity contribution in [2.75, 3.05) is 0 Å². The number of rotatable bonds is 2. The van der Waals surface area contributed by atoms with Gasteiger partial charge in [0.25, 0.3) is 5.56 Å². The Bertz CT molecular complexity index is 524. The van der Waals surface area contributed by atoms with E-state index in [9.17, 15) is 4.79 Å². The summed E-state index contributed by atoms with van der Waals surface area (Å²) in [5.41, 5.74) is -0.292. The van der Waals surface area contributed by atoms with Gasteiger partial charge in [-0.3, -0.25) is 9.36 Å². The van der Waals surface area contributed by atoms with Crippen LogP contribution in [0.4, 0.5) is 0 Å². The van der Waals surface area contributed by atoms with Gasteiger partial charge in [0.05, 0.1) is 12.9 Å². The molecule has 0 N–H and O–H groups in total. The lowest BCUT2D eigenvalue weighted by molar-refractivity contribution is 0.407. The van der Waals surface area contributed by atoms with Gasteiger partial charge in [-0.05, 0) is 15.9 Å². The Hall–Kier alpha value is -1.21. The molecule has 0 radical (unpaired) electrons. The minimum Gasteiger partial charge on any atom is -0.343 e. The molecule has 2 aromatic rings. The largest absolute Gasteiger partial charge is 0.343 e. The molecule has 0 aliphatic carbocycles. The van der Waals surface area contributed by atoms with E-state index < -0.39 is 0 Å².